The van der Waals surface area contributed by atoms with E-state index in [9.17, 15) is 9.90 Å². The zero-order valence-electron chi connectivity index (χ0n) is 9.69. The van der Waals surface area contributed by atoms with Gasteiger partial charge in [0.15, 0.2) is 5.75 Å². The Morgan fingerprint density at radius 1 is 1.59 bits per heavy atom. The maximum absolute atomic E-state index is 11.9. The number of carbonyl (C=O) groups is 1. The number of hydrogen-bond acceptors (Lipinski definition) is 4. The first-order chi connectivity index (χ1) is 8.08. The number of aromatic hydroxyl groups is 1. The van der Waals surface area contributed by atoms with Crippen LogP contribution in [-0.4, -0.2) is 28.6 Å². The Morgan fingerprint density at radius 2 is 2.29 bits per heavy atom. The lowest BCUT2D eigenvalue weighted by molar-refractivity contribution is 0.0950. The molecule has 1 aliphatic carbocycles. The van der Waals surface area contributed by atoms with E-state index in [0.717, 1.165) is 12.8 Å². The third-order valence-electron chi connectivity index (χ3n) is 3.12. The molecule has 1 aromatic rings. The van der Waals surface area contributed by atoms with Crippen LogP contribution in [0.15, 0.2) is 18.2 Å². The predicted octanol–water partition coefficient (Wildman–Crippen LogP) is 1.60. The van der Waals surface area contributed by atoms with Crippen LogP contribution >= 0.6 is 11.8 Å². The second-order valence-electron chi connectivity index (χ2n) is 4.31. The molecule has 4 N–H and O–H groups in total. The Hall–Kier alpha value is -1.36. The fraction of sp³-hybridized carbons (Fsp3) is 0.417. The monoisotopic (exact) mass is 252 g/mol. The van der Waals surface area contributed by atoms with E-state index in [2.05, 4.69) is 11.6 Å². The Morgan fingerprint density at radius 3 is 2.88 bits per heavy atom. The summed E-state index contributed by atoms with van der Waals surface area (Å²) >= 11 is 1.78. The molecule has 0 bridgehead atoms. The maximum atomic E-state index is 11.9. The number of benzene rings is 1. The van der Waals surface area contributed by atoms with Crippen LogP contribution in [0.3, 0.4) is 0 Å². The van der Waals surface area contributed by atoms with Gasteiger partial charge in [-0.15, -0.1) is 0 Å². The fourth-order valence-corrected chi connectivity index (χ4v) is 2.40. The zero-order valence-corrected chi connectivity index (χ0v) is 10.5. The van der Waals surface area contributed by atoms with Crippen LogP contribution in [0.25, 0.3) is 0 Å². The van der Waals surface area contributed by atoms with Gasteiger partial charge in [0.05, 0.1) is 11.3 Å². The van der Waals surface area contributed by atoms with Gasteiger partial charge in [-0.05, 0) is 31.2 Å². The standard InChI is InChI=1S/C12H16N2O2S/c1-17-12(5-6-12)7-14-11(16)8-3-2-4-9(13)10(8)15/h2-4,15H,5-7,13H2,1H3,(H,14,16). The lowest BCUT2D eigenvalue weighted by Crippen LogP contribution is -2.31. The first kappa shape index (κ1) is 12.1. The van der Waals surface area contributed by atoms with Crippen molar-refractivity contribution in [3.8, 4) is 5.75 Å². The van der Waals surface area contributed by atoms with E-state index < -0.39 is 0 Å². The minimum atomic E-state index is -0.268. The Labute approximate surface area is 105 Å². The molecule has 1 aliphatic rings. The molecule has 2 rings (SSSR count). The van der Waals surface area contributed by atoms with Gasteiger partial charge in [0.2, 0.25) is 0 Å². The molecule has 0 saturated heterocycles. The number of carbonyl (C=O) groups excluding carboxylic acids is 1. The first-order valence-corrected chi connectivity index (χ1v) is 6.71. The number of nitrogen functional groups attached to an aromatic ring is 1. The van der Waals surface area contributed by atoms with Gasteiger partial charge >= 0.3 is 0 Å². The molecule has 5 heteroatoms. The molecule has 1 aromatic carbocycles. The van der Waals surface area contributed by atoms with Crippen LogP contribution < -0.4 is 11.1 Å². The first-order valence-electron chi connectivity index (χ1n) is 5.49. The lowest BCUT2D eigenvalue weighted by Gasteiger charge is -2.13. The van der Waals surface area contributed by atoms with Crippen molar-refractivity contribution in [2.24, 2.45) is 0 Å². The van der Waals surface area contributed by atoms with E-state index in [4.69, 9.17) is 5.73 Å². The van der Waals surface area contributed by atoms with Gasteiger partial charge in [0.1, 0.15) is 0 Å². The number of amides is 1. The van der Waals surface area contributed by atoms with Gasteiger partial charge in [0, 0.05) is 11.3 Å². The van der Waals surface area contributed by atoms with Crippen molar-refractivity contribution in [1.29, 1.82) is 0 Å². The fourth-order valence-electron chi connectivity index (χ4n) is 1.67. The highest BCUT2D eigenvalue weighted by atomic mass is 32.2. The van der Waals surface area contributed by atoms with Crippen molar-refractivity contribution in [1.82, 2.24) is 5.32 Å². The topological polar surface area (TPSA) is 75.4 Å². The number of phenolic OH excluding ortho intramolecular Hbond substituents is 1. The number of thioether (sulfide) groups is 1. The van der Waals surface area contributed by atoms with E-state index in [0.29, 0.717) is 6.54 Å². The van der Waals surface area contributed by atoms with Crippen molar-refractivity contribution in [2.75, 3.05) is 18.5 Å². The molecule has 1 amide bonds. The summed E-state index contributed by atoms with van der Waals surface area (Å²) in [5.74, 6) is -0.408. The van der Waals surface area contributed by atoms with Gasteiger partial charge in [-0.25, -0.2) is 0 Å². The second kappa shape index (κ2) is 4.49. The normalized spacial score (nSPS) is 16.5. The van der Waals surface area contributed by atoms with E-state index in [1.807, 2.05) is 0 Å². The number of rotatable bonds is 4. The molecule has 0 unspecified atom stereocenters. The highest BCUT2D eigenvalue weighted by Crippen LogP contribution is 2.46. The van der Waals surface area contributed by atoms with Gasteiger partial charge in [-0.1, -0.05) is 6.07 Å². The molecule has 0 heterocycles. The average molecular weight is 252 g/mol. The van der Waals surface area contributed by atoms with Crippen LogP contribution in [0.2, 0.25) is 0 Å². The van der Waals surface area contributed by atoms with Gasteiger partial charge in [-0.2, -0.15) is 11.8 Å². The Kier molecular flexibility index (Phi) is 3.19. The summed E-state index contributed by atoms with van der Waals surface area (Å²) in [6.07, 6.45) is 4.33. The van der Waals surface area contributed by atoms with E-state index in [-0.39, 0.29) is 27.7 Å². The summed E-state index contributed by atoms with van der Waals surface area (Å²) in [7, 11) is 0. The third-order valence-corrected chi connectivity index (χ3v) is 4.54. The molecule has 4 nitrogen and oxygen atoms in total. The third kappa shape index (κ3) is 2.49. The maximum Gasteiger partial charge on any atom is 0.255 e. The van der Waals surface area contributed by atoms with Crippen molar-refractivity contribution in [3.05, 3.63) is 23.8 Å². The molecule has 17 heavy (non-hydrogen) atoms. The van der Waals surface area contributed by atoms with Gasteiger partial charge in [0.25, 0.3) is 5.91 Å². The van der Waals surface area contributed by atoms with E-state index in [1.54, 1.807) is 30.0 Å². The summed E-state index contributed by atoms with van der Waals surface area (Å²) in [6.45, 7) is 0.640. The average Bonchev–Trinajstić information content (AvgIpc) is 3.10. The number of anilines is 1. The minimum Gasteiger partial charge on any atom is -0.505 e. The number of para-hydroxylation sites is 1. The number of nitrogens with one attached hydrogen (secondary N) is 1. The lowest BCUT2D eigenvalue weighted by atomic mass is 10.1. The zero-order chi connectivity index (χ0) is 12.5. The quantitative estimate of drug-likeness (QED) is 0.562. The number of nitrogens with two attached hydrogens (primary N) is 1. The van der Waals surface area contributed by atoms with Crippen LogP contribution in [0.1, 0.15) is 23.2 Å². The predicted molar refractivity (Wildman–Crippen MR) is 70.3 cm³/mol. The van der Waals surface area contributed by atoms with E-state index in [1.165, 1.54) is 0 Å². The SMILES string of the molecule is CSC1(CNC(=O)c2cccc(N)c2O)CC1. The molecule has 0 spiro atoms. The highest BCUT2D eigenvalue weighted by Gasteiger charge is 2.42. The van der Waals surface area contributed by atoms with Crippen molar-refractivity contribution in [3.63, 3.8) is 0 Å². The molecule has 92 valence electrons. The van der Waals surface area contributed by atoms with Crippen molar-refractivity contribution in [2.45, 2.75) is 17.6 Å². The summed E-state index contributed by atoms with van der Waals surface area (Å²) in [4.78, 5) is 11.9. The summed E-state index contributed by atoms with van der Waals surface area (Å²) in [6, 6.07) is 4.79. The molecule has 0 aromatic heterocycles. The summed E-state index contributed by atoms with van der Waals surface area (Å²) in [5, 5.41) is 12.5. The van der Waals surface area contributed by atoms with Gasteiger partial charge < -0.3 is 16.2 Å². The smallest absolute Gasteiger partial charge is 0.255 e. The molecular formula is C12H16N2O2S. The van der Waals surface area contributed by atoms with Crippen LogP contribution in [0.5, 0.6) is 5.75 Å². The summed E-state index contributed by atoms with van der Waals surface area (Å²) < 4.78 is 0.214. The van der Waals surface area contributed by atoms with Crippen LogP contribution in [-0.2, 0) is 0 Å². The Balaban J connectivity index is 2.02. The highest BCUT2D eigenvalue weighted by molar-refractivity contribution is 8.00. The molecule has 1 saturated carbocycles. The summed E-state index contributed by atoms with van der Waals surface area (Å²) in [5.41, 5.74) is 6.01. The van der Waals surface area contributed by atoms with Crippen LogP contribution in [0, 0.1) is 0 Å². The Bertz CT molecular complexity index is 444. The van der Waals surface area contributed by atoms with E-state index >= 15 is 0 Å². The van der Waals surface area contributed by atoms with Crippen molar-refractivity contribution < 1.29 is 9.90 Å². The molecule has 1 fully saturated rings. The van der Waals surface area contributed by atoms with Crippen LogP contribution in [0.4, 0.5) is 5.69 Å². The molecule has 0 atom stereocenters. The molecule has 0 aliphatic heterocycles. The number of phenols is 1. The largest absolute Gasteiger partial charge is 0.505 e. The van der Waals surface area contributed by atoms with Crippen molar-refractivity contribution >= 4 is 23.4 Å². The second-order valence-corrected chi connectivity index (χ2v) is 5.59. The molecular weight excluding hydrogens is 236 g/mol. The minimum absolute atomic E-state index is 0.140. The van der Waals surface area contributed by atoms with Gasteiger partial charge in [-0.3, -0.25) is 4.79 Å². The number of hydrogen-bond donors (Lipinski definition) is 3. The molecule has 0 radical (unpaired) electrons.